The summed E-state index contributed by atoms with van der Waals surface area (Å²) < 4.78 is 26.9. The molecule has 0 aliphatic carbocycles. The molecule has 2 rings (SSSR count). The van der Waals surface area contributed by atoms with Crippen LogP contribution in [0.25, 0.3) is 0 Å². The van der Waals surface area contributed by atoms with E-state index in [1.807, 2.05) is 0 Å². The first kappa shape index (κ1) is 13.5. The SMILES string of the molecule is CC(CO)(Nc1ccccc1F)c1cccc(F)c1. The monoisotopic (exact) mass is 263 g/mol. The van der Waals surface area contributed by atoms with E-state index in [9.17, 15) is 13.9 Å². The smallest absolute Gasteiger partial charge is 0.146 e. The predicted molar refractivity (Wildman–Crippen MR) is 70.9 cm³/mol. The Morgan fingerprint density at radius 2 is 1.84 bits per heavy atom. The molecule has 0 saturated carbocycles. The van der Waals surface area contributed by atoms with Crippen molar-refractivity contribution in [2.24, 2.45) is 0 Å². The number of rotatable bonds is 4. The van der Waals surface area contributed by atoms with Crippen molar-refractivity contribution in [3.63, 3.8) is 0 Å². The fourth-order valence-electron chi connectivity index (χ4n) is 1.89. The normalized spacial score (nSPS) is 13.9. The molecule has 0 aliphatic rings. The summed E-state index contributed by atoms with van der Waals surface area (Å²) in [6.07, 6.45) is 0. The Bertz CT molecular complexity index is 574. The van der Waals surface area contributed by atoms with Gasteiger partial charge in [0.05, 0.1) is 17.8 Å². The number of anilines is 1. The van der Waals surface area contributed by atoms with E-state index in [4.69, 9.17) is 0 Å². The zero-order valence-electron chi connectivity index (χ0n) is 10.5. The zero-order valence-corrected chi connectivity index (χ0v) is 10.5. The lowest BCUT2D eigenvalue weighted by Crippen LogP contribution is -2.36. The van der Waals surface area contributed by atoms with Gasteiger partial charge in [-0.25, -0.2) is 8.78 Å². The second kappa shape index (κ2) is 5.36. The van der Waals surface area contributed by atoms with E-state index in [2.05, 4.69) is 5.32 Å². The maximum Gasteiger partial charge on any atom is 0.146 e. The van der Waals surface area contributed by atoms with Crippen LogP contribution in [0.5, 0.6) is 0 Å². The first-order chi connectivity index (χ1) is 9.05. The van der Waals surface area contributed by atoms with Gasteiger partial charge in [0.25, 0.3) is 0 Å². The molecule has 0 bridgehead atoms. The largest absolute Gasteiger partial charge is 0.394 e. The maximum absolute atomic E-state index is 13.6. The van der Waals surface area contributed by atoms with Gasteiger partial charge in [0, 0.05) is 0 Å². The molecule has 2 N–H and O–H groups in total. The standard InChI is InChI=1S/C15H15F2NO/c1-15(10-19,11-5-4-6-12(16)9-11)18-14-8-3-2-7-13(14)17/h2-9,18-19H,10H2,1H3. The average molecular weight is 263 g/mol. The highest BCUT2D eigenvalue weighted by molar-refractivity contribution is 5.49. The zero-order chi connectivity index (χ0) is 13.9. The summed E-state index contributed by atoms with van der Waals surface area (Å²) in [6.45, 7) is 1.40. The van der Waals surface area contributed by atoms with Crippen molar-refractivity contribution in [1.82, 2.24) is 0 Å². The molecule has 1 unspecified atom stereocenters. The van der Waals surface area contributed by atoms with Crippen molar-refractivity contribution in [3.05, 3.63) is 65.7 Å². The Kier molecular flexibility index (Phi) is 3.81. The molecule has 0 radical (unpaired) electrons. The van der Waals surface area contributed by atoms with Gasteiger partial charge in [-0.2, -0.15) is 0 Å². The van der Waals surface area contributed by atoms with Crippen molar-refractivity contribution in [1.29, 1.82) is 0 Å². The number of hydrogen-bond donors (Lipinski definition) is 2. The van der Waals surface area contributed by atoms with Gasteiger partial charge in [-0.15, -0.1) is 0 Å². The molecular formula is C15H15F2NO. The van der Waals surface area contributed by atoms with Crippen LogP contribution in [0.15, 0.2) is 48.5 Å². The molecule has 100 valence electrons. The van der Waals surface area contributed by atoms with Gasteiger partial charge in [0.1, 0.15) is 11.6 Å². The fraction of sp³-hybridized carbons (Fsp3) is 0.200. The second-order valence-electron chi connectivity index (χ2n) is 4.61. The topological polar surface area (TPSA) is 32.3 Å². The minimum absolute atomic E-state index is 0.267. The maximum atomic E-state index is 13.6. The number of benzene rings is 2. The fourth-order valence-corrected chi connectivity index (χ4v) is 1.89. The molecule has 0 fully saturated rings. The van der Waals surface area contributed by atoms with Crippen LogP contribution in [-0.2, 0) is 5.54 Å². The van der Waals surface area contributed by atoms with Crippen LogP contribution in [0.4, 0.5) is 14.5 Å². The summed E-state index contributed by atoms with van der Waals surface area (Å²) in [7, 11) is 0. The van der Waals surface area contributed by atoms with Gasteiger partial charge in [-0.3, -0.25) is 0 Å². The third-order valence-corrected chi connectivity index (χ3v) is 3.06. The molecule has 1 atom stereocenters. The number of halogens is 2. The highest BCUT2D eigenvalue weighted by atomic mass is 19.1. The van der Waals surface area contributed by atoms with E-state index in [0.717, 1.165) is 0 Å². The van der Waals surface area contributed by atoms with Crippen LogP contribution in [0.3, 0.4) is 0 Å². The summed E-state index contributed by atoms with van der Waals surface area (Å²) >= 11 is 0. The molecule has 2 aromatic carbocycles. The highest BCUT2D eigenvalue weighted by Gasteiger charge is 2.26. The Hall–Kier alpha value is -1.94. The summed E-state index contributed by atoms with van der Waals surface area (Å²) in [5, 5.41) is 12.5. The van der Waals surface area contributed by atoms with Gasteiger partial charge < -0.3 is 10.4 Å². The first-order valence-electron chi connectivity index (χ1n) is 5.95. The van der Waals surface area contributed by atoms with Crippen molar-refractivity contribution < 1.29 is 13.9 Å². The molecule has 0 aromatic heterocycles. The minimum Gasteiger partial charge on any atom is -0.394 e. The van der Waals surface area contributed by atoms with Crippen LogP contribution in [0, 0.1) is 11.6 Å². The molecule has 2 nitrogen and oxygen atoms in total. The molecule has 0 heterocycles. The number of nitrogens with one attached hydrogen (secondary N) is 1. The van der Waals surface area contributed by atoms with E-state index in [1.165, 1.54) is 18.2 Å². The lowest BCUT2D eigenvalue weighted by molar-refractivity contribution is 0.223. The summed E-state index contributed by atoms with van der Waals surface area (Å²) in [4.78, 5) is 0. The number of para-hydroxylation sites is 1. The molecule has 19 heavy (non-hydrogen) atoms. The summed E-state index contributed by atoms with van der Waals surface area (Å²) in [6, 6.07) is 12.1. The molecule has 0 saturated heterocycles. The average Bonchev–Trinajstić information content (AvgIpc) is 2.41. The Morgan fingerprint density at radius 1 is 1.11 bits per heavy atom. The van der Waals surface area contributed by atoms with Crippen LogP contribution in [-0.4, -0.2) is 11.7 Å². The second-order valence-corrected chi connectivity index (χ2v) is 4.61. The van der Waals surface area contributed by atoms with Crippen molar-refractivity contribution in [2.45, 2.75) is 12.5 Å². The van der Waals surface area contributed by atoms with Gasteiger partial charge in [-0.1, -0.05) is 24.3 Å². The first-order valence-corrected chi connectivity index (χ1v) is 5.95. The molecule has 0 aliphatic heterocycles. The Balaban J connectivity index is 2.36. The highest BCUT2D eigenvalue weighted by Crippen LogP contribution is 2.27. The van der Waals surface area contributed by atoms with E-state index in [0.29, 0.717) is 5.56 Å². The van der Waals surface area contributed by atoms with E-state index >= 15 is 0 Å². The van der Waals surface area contributed by atoms with Crippen LogP contribution in [0.1, 0.15) is 12.5 Å². The molecule has 0 amide bonds. The number of aliphatic hydroxyl groups excluding tert-OH is 1. The quantitative estimate of drug-likeness (QED) is 0.887. The van der Waals surface area contributed by atoms with E-state index in [-0.39, 0.29) is 12.3 Å². The van der Waals surface area contributed by atoms with Crippen LogP contribution >= 0.6 is 0 Å². The Labute approximate surface area is 110 Å². The van der Waals surface area contributed by atoms with E-state index < -0.39 is 17.2 Å². The van der Waals surface area contributed by atoms with Crippen molar-refractivity contribution in [3.8, 4) is 0 Å². The lowest BCUT2D eigenvalue weighted by atomic mass is 9.92. The van der Waals surface area contributed by atoms with Gasteiger partial charge in [0.2, 0.25) is 0 Å². The number of aliphatic hydroxyl groups is 1. The van der Waals surface area contributed by atoms with Crippen molar-refractivity contribution >= 4 is 5.69 Å². The predicted octanol–water partition coefficient (Wildman–Crippen LogP) is 3.28. The third-order valence-electron chi connectivity index (χ3n) is 3.06. The van der Waals surface area contributed by atoms with E-state index in [1.54, 1.807) is 37.3 Å². The van der Waals surface area contributed by atoms with Gasteiger partial charge in [0.15, 0.2) is 0 Å². The third kappa shape index (κ3) is 2.90. The lowest BCUT2D eigenvalue weighted by Gasteiger charge is -2.30. The molecule has 0 spiro atoms. The van der Waals surface area contributed by atoms with Gasteiger partial charge >= 0.3 is 0 Å². The van der Waals surface area contributed by atoms with Crippen molar-refractivity contribution in [2.75, 3.05) is 11.9 Å². The summed E-state index contributed by atoms with van der Waals surface area (Å²) in [5.41, 5.74) is -0.133. The molecule has 2 aromatic rings. The van der Waals surface area contributed by atoms with Gasteiger partial charge in [-0.05, 0) is 36.8 Å². The number of hydrogen-bond acceptors (Lipinski definition) is 2. The summed E-state index contributed by atoms with van der Waals surface area (Å²) in [5.74, 6) is -0.814. The molecule has 4 heteroatoms. The van der Waals surface area contributed by atoms with Crippen LogP contribution in [0.2, 0.25) is 0 Å². The minimum atomic E-state index is -0.954. The van der Waals surface area contributed by atoms with Crippen LogP contribution < -0.4 is 5.32 Å². The molecular weight excluding hydrogens is 248 g/mol. The Morgan fingerprint density at radius 3 is 2.47 bits per heavy atom.